The maximum atomic E-state index is 13.1. The molecule has 8 heteroatoms. The maximum absolute atomic E-state index is 13.1. The first-order valence-corrected chi connectivity index (χ1v) is 8.95. The lowest BCUT2D eigenvalue weighted by molar-refractivity contribution is -0.219. The van der Waals surface area contributed by atoms with Gasteiger partial charge in [-0.05, 0) is 12.1 Å². The zero-order valence-electron chi connectivity index (χ0n) is 15.1. The van der Waals surface area contributed by atoms with E-state index in [1.807, 2.05) is 0 Å². The number of hydrogen-bond acceptors (Lipinski definition) is 8. The number of carbonyl (C=O) groups excluding carboxylic acids is 1. The molecule has 0 radical (unpaired) electrons. The Morgan fingerprint density at radius 2 is 1.66 bits per heavy atom. The number of para-hydroxylation sites is 1. The van der Waals surface area contributed by atoms with Gasteiger partial charge >= 0.3 is 0 Å². The number of carbonyl (C=O) groups is 1. The second-order valence-corrected chi connectivity index (χ2v) is 6.60. The molecule has 1 saturated heterocycles. The van der Waals surface area contributed by atoms with E-state index in [-0.39, 0.29) is 16.9 Å². The molecule has 0 spiro atoms. The van der Waals surface area contributed by atoms with E-state index in [2.05, 4.69) is 0 Å². The van der Waals surface area contributed by atoms with E-state index in [0.717, 1.165) is 0 Å². The van der Waals surface area contributed by atoms with Crippen molar-refractivity contribution in [2.75, 3.05) is 6.61 Å². The Labute approximate surface area is 164 Å². The Balaban J connectivity index is 1.83. The topological polar surface area (TPSA) is 126 Å². The van der Waals surface area contributed by atoms with Crippen LogP contribution in [-0.2, 0) is 9.53 Å². The van der Waals surface area contributed by atoms with Crippen molar-refractivity contribution in [2.45, 2.75) is 24.6 Å². The first-order chi connectivity index (χ1) is 14.0. The first-order valence-electron chi connectivity index (χ1n) is 8.95. The fourth-order valence-corrected chi connectivity index (χ4v) is 3.17. The predicted octanol–water partition coefficient (Wildman–Crippen LogP) is 0.847. The smallest absolute Gasteiger partial charge is 0.263 e. The standard InChI is InChI=1S/C21H18O8/c22-10-14-16(24)17(25)18(26)21(28-14)29-20-15(23)12-8-4-5-9-13(12)27-19(20)11-6-2-1-3-7-11/h1-9,14,16-17,21-22,24-25H,10H2/t14-,16-,17+,21?/m1/s1. The molecule has 3 N–H and O–H groups in total. The van der Waals surface area contributed by atoms with E-state index in [1.165, 1.54) is 0 Å². The van der Waals surface area contributed by atoms with Crippen molar-refractivity contribution in [3.05, 3.63) is 64.8 Å². The fraction of sp³-hybridized carbons (Fsp3) is 0.238. The highest BCUT2D eigenvalue weighted by Crippen LogP contribution is 2.32. The molecular formula is C21H18O8. The zero-order chi connectivity index (χ0) is 20.5. The van der Waals surface area contributed by atoms with Crippen LogP contribution in [0.15, 0.2) is 63.8 Å². The van der Waals surface area contributed by atoms with Crippen LogP contribution in [0.2, 0.25) is 0 Å². The Hall–Kier alpha value is -3.04. The van der Waals surface area contributed by atoms with Crippen LogP contribution >= 0.6 is 0 Å². The van der Waals surface area contributed by atoms with Gasteiger partial charge in [0.2, 0.25) is 17.0 Å². The zero-order valence-corrected chi connectivity index (χ0v) is 15.1. The van der Waals surface area contributed by atoms with Gasteiger partial charge in [-0.15, -0.1) is 0 Å². The molecule has 3 aromatic rings. The molecule has 8 nitrogen and oxygen atoms in total. The van der Waals surface area contributed by atoms with Crippen LogP contribution in [0.25, 0.3) is 22.3 Å². The number of Topliss-reactive ketones (excluding diaryl/α,β-unsaturated/α-hetero) is 1. The van der Waals surface area contributed by atoms with Gasteiger partial charge in [-0.25, -0.2) is 0 Å². The lowest BCUT2D eigenvalue weighted by atomic mass is 10.0. The molecule has 0 aliphatic carbocycles. The molecule has 1 aliphatic heterocycles. The third-order valence-electron chi connectivity index (χ3n) is 4.72. The van der Waals surface area contributed by atoms with Gasteiger partial charge in [0.1, 0.15) is 23.9 Å². The quantitative estimate of drug-likeness (QED) is 0.590. The molecule has 1 aromatic heterocycles. The molecule has 29 heavy (non-hydrogen) atoms. The molecule has 0 bridgehead atoms. The summed E-state index contributed by atoms with van der Waals surface area (Å²) < 4.78 is 16.7. The molecule has 1 unspecified atom stereocenters. The maximum Gasteiger partial charge on any atom is 0.263 e. The van der Waals surface area contributed by atoms with Crippen LogP contribution in [0, 0.1) is 0 Å². The summed E-state index contributed by atoms with van der Waals surface area (Å²) in [7, 11) is 0. The summed E-state index contributed by atoms with van der Waals surface area (Å²) in [5.74, 6) is -1.14. The third kappa shape index (κ3) is 3.43. The molecular weight excluding hydrogens is 380 g/mol. The summed E-state index contributed by atoms with van der Waals surface area (Å²) in [6, 6.07) is 15.3. The summed E-state index contributed by atoms with van der Waals surface area (Å²) in [5.41, 5.74) is 0.347. The van der Waals surface area contributed by atoms with Gasteiger partial charge in [-0.3, -0.25) is 9.59 Å². The number of rotatable bonds is 4. The van der Waals surface area contributed by atoms with Gasteiger partial charge < -0.3 is 29.2 Å². The Kier molecular flexibility index (Phi) is 5.16. The Bertz CT molecular complexity index is 1090. The number of hydrogen-bond donors (Lipinski definition) is 3. The molecule has 1 fully saturated rings. The van der Waals surface area contributed by atoms with Crippen molar-refractivity contribution < 1.29 is 34.0 Å². The molecule has 2 aromatic carbocycles. The van der Waals surface area contributed by atoms with Crippen molar-refractivity contribution >= 4 is 16.8 Å². The van der Waals surface area contributed by atoms with Gasteiger partial charge in [0.15, 0.2) is 5.76 Å². The fourth-order valence-electron chi connectivity index (χ4n) is 3.17. The second-order valence-electron chi connectivity index (χ2n) is 6.60. The minimum Gasteiger partial charge on any atom is -0.452 e. The van der Waals surface area contributed by atoms with Crippen LogP contribution < -0.4 is 10.2 Å². The first kappa shape index (κ1) is 19.3. The summed E-state index contributed by atoms with van der Waals surface area (Å²) in [4.78, 5) is 25.4. The molecule has 150 valence electrons. The van der Waals surface area contributed by atoms with E-state index < -0.39 is 42.4 Å². The molecule has 0 amide bonds. The van der Waals surface area contributed by atoms with Gasteiger partial charge in [0, 0.05) is 5.56 Å². The average molecular weight is 398 g/mol. The number of ether oxygens (including phenoxy) is 2. The third-order valence-corrected chi connectivity index (χ3v) is 4.72. The highest BCUT2D eigenvalue weighted by Gasteiger charge is 2.45. The van der Waals surface area contributed by atoms with Crippen molar-refractivity contribution in [2.24, 2.45) is 0 Å². The number of aliphatic hydroxyl groups excluding tert-OH is 3. The van der Waals surface area contributed by atoms with Crippen molar-refractivity contribution in [1.29, 1.82) is 0 Å². The summed E-state index contributed by atoms with van der Waals surface area (Å²) in [5, 5.41) is 29.4. The summed E-state index contributed by atoms with van der Waals surface area (Å²) in [6.07, 6.45) is -6.37. The van der Waals surface area contributed by atoms with E-state index in [0.29, 0.717) is 11.1 Å². The molecule has 4 rings (SSSR count). The van der Waals surface area contributed by atoms with Crippen LogP contribution in [-0.4, -0.2) is 52.3 Å². The van der Waals surface area contributed by atoms with Crippen LogP contribution in [0.3, 0.4) is 0 Å². The lowest BCUT2D eigenvalue weighted by Crippen LogP contribution is -2.58. The molecule has 0 saturated carbocycles. The SMILES string of the molecule is O=C1C(Oc2c(-c3ccccc3)oc3ccccc3c2=O)O[C@H](CO)[C@@H](O)[C@@H]1O. The van der Waals surface area contributed by atoms with Gasteiger partial charge in [-0.2, -0.15) is 0 Å². The summed E-state index contributed by atoms with van der Waals surface area (Å²) >= 11 is 0. The predicted molar refractivity (Wildman–Crippen MR) is 101 cm³/mol. The van der Waals surface area contributed by atoms with Gasteiger partial charge in [0.05, 0.1) is 12.0 Å². The normalized spacial score (nSPS) is 24.6. The van der Waals surface area contributed by atoms with Crippen molar-refractivity contribution in [3.63, 3.8) is 0 Å². The molecule has 1 aliphatic rings. The van der Waals surface area contributed by atoms with Crippen LogP contribution in [0.1, 0.15) is 0 Å². The minimum absolute atomic E-state index is 0.0897. The highest BCUT2D eigenvalue weighted by molar-refractivity contribution is 5.88. The highest BCUT2D eigenvalue weighted by atomic mass is 16.7. The van der Waals surface area contributed by atoms with Gasteiger partial charge in [-0.1, -0.05) is 42.5 Å². The number of benzene rings is 2. The van der Waals surface area contributed by atoms with Crippen molar-refractivity contribution in [3.8, 4) is 17.1 Å². The summed E-state index contributed by atoms with van der Waals surface area (Å²) in [6.45, 7) is -0.650. The number of ketones is 1. The van der Waals surface area contributed by atoms with Gasteiger partial charge in [0.25, 0.3) is 6.29 Å². The van der Waals surface area contributed by atoms with Crippen molar-refractivity contribution in [1.82, 2.24) is 0 Å². The van der Waals surface area contributed by atoms with E-state index in [9.17, 15) is 24.9 Å². The average Bonchev–Trinajstić information content (AvgIpc) is 2.76. The Morgan fingerprint density at radius 1 is 0.966 bits per heavy atom. The minimum atomic E-state index is -1.82. The Morgan fingerprint density at radius 3 is 2.38 bits per heavy atom. The van der Waals surface area contributed by atoms with E-state index in [1.54, 1.807) is 54.6 Å². The lowest BCUT2D eigenvalue weighted by Gasteiger charge is -2.34. The monoisotopic (exact) mass is 398 g/mol. The number of fused-ring (bicyclic) bond motifs is 1. The number of aliphatic hydroxyl groups is 3. The van der Waals surface area contributed by atoms with Crippen LogP contribution in [0.4, 0.5) is 0 Å². The molecule has 4 atom stereocenters. The second kappa shape index (κ2) is 7.76. The van der Waals surface area contributed by atoms with E-state index in [4.69, 9.17) is 13.9 Å². The molecule has 2 heterocycles. The van der Waals surface area contributed by atoms with E-state index >= 15 is 0 Å². The largest absolute Gasteiger partial charge is 0.452 e. The van der Waals surface area contributed by atoms with Crippen LogP contribution in [0.5, 0.6) is 5.75 Å².